The second-order valence-corrected chi connectivity index (χ2v) is 11.9. The second kappa shape index (κ2) is 11.8. The number of hydrogen-bond acceptors (Lipinski definition) is 8. The summed E-state index contributed by atoms with van der Waals surface area (Å²) in [5.41, 5.74) is 3.93. The molecule has 1 saturated heterocycles. The summed E-state index contributed by atoms with van der Waals surface area (Å²) in [5, 5.41) is 21.0. The lowest BCUT2D eigenvalue weighted by molar-refractivity contribution is -0.132. The highest BCUT2D eigenvalue weighted by Crippen LogP contribution is 2.44. The third kappa shape index (κ3) is 5.63. The first-order valence-electron chi connectivity index (χ1n) is 12.6. The van der Waals surface area contributed by atoms with E-state index in [0.717, 1.165) is 16.7 Å². The highest BCUT2D eigenvalue weighted by atomic mass is 35.5. The number of aliphatic hydroxyl groups excluding tert-OH is 1. The maximum absolute atomic E-state index is 13.5. The maximum Gasteiger partial charge on any atom is 0.301 e. The summed E-state index contributed by atoms with van der Waals surface area (Å²) in [6.07, 6.45) is 0. The first kappa shape index (κ1) is 27.9. The van der Waals surface area contributed by atoms with Crippen LogP contribution in [-0.4, -0.2) is 33.6 Å². The van der Waals surface area contributed by atoms with Gasteiger partial charge in [-0.2, -0.15) is 0 Å². The normalized spacial score (nSPS) is 16.5. The molecule has 204 valence electrons. The minimum Gasteiger partial charge on any atom is -0.507 e. The fraction of sp³-hybridized carbons (Fsp3) is 0.200. The minimum absolute atomic E-state index is 0.00780. The van der Waals surface area contributed by atoms with Gasteiger partial charge >= 0.3 is 5.91 Å². The zero-order valence-electron chi connectivity index (χ0n) is 22.1. The van der Waals surface area contributed by atoms with Crippen LogP contribution in [0.2, 0.25) is 5.02 Å². The molecule has 2 heterocycles. The third-order valence-corrected chi connectivity index (χ3v) is 8.86. The predicted molar refractivity (Wildman–Crippen MR) is 159 cm³/mol. The largest absolute Gasteiger partial charge is 0.507 e. The predicted octanol–water partition coefficient (Wildman–Crippen LogP) is 7.13. The van der Waals surface area contributed by atoms with E-state index < -0.39 is 17.7 Å². The minimum atomic E-state index is -0.891. The zero-order chi connectivity index (χ0) is 28.4. The number of rotatable bonds is 8. The molecule has 0 saturated carbocycles. The van der Waals surface area contributed by atoms with E-state index in [0.29, 0.717) is 38.6 Å². The van der Waals surface area contributed by atoms with E-state index >= 15 is 0 Å². The van der Waals surface area contributed by atoms with E-state index in [4.69, 9.17) is 16.3 Å². The van der Waals surface area contributed by atoms with Gasteiger partial charge in [0.2, 0.25) is 5.13 Å². The quantitative estimate of drug-likeness (QED) is 0.0766. The summed E-state index contributed by atoms with van der Waals surface area (Å²) < 4.78 is 6.23. The smallest absolute Gasteiger partial charge is 0.301 e. The van der Waals surface area contributed by atoms with Gasteiger partial charge in [-0.15, -0.1) is 10.2 Å². The number of anilines is 1. The van der Waals surface area contributed by atoms with Crippen LogP contribution < -0.4 is 9.64 Å². The van der Waals surface area contributed by atoms with Crippen LogP contribution in [0.3, 0.4) is 0 Å². The van der Waals surface area contributed by atoms with Crippen molar-refractivity contribution in [2.75, 3.05) is 11.5 Å². The molecule has 1 N–H and O–H groups in total. The van der Waals surface area contributed by atoms with Gasteiger partial charge in [-0.1, -0.05) is 76.7 Å². The Morgan fingerprint density at radius 1 is 1.05 bits per heavy atom. The summed E-state index contributed by atoms with van der Waals surface area (Å²) >= 11 is 8.68. The summed E-state index contributed by atoms with van der Waals surface area (Å²) in [6, 6.07) is 19.4. The number of benzene rings is 3. The van der Waals surface area contributed by atoms with Crippen molar-refractivity contribution < 1.29 is 19.4 Å². The molecule has 1 aromatic heterocycles. The van der Waals surface area contributed by atoms with Gasteiger partial charge in [0, 0.05) is 16.3 Å². The van der Waals surface area contributed by atoms with Gasteiger partial charge in [0.1, 0.15) is 11.5 Å². The van der Waals surface area contributed by atoms with Crippen molar-refractivity contribution in [1.29, 1.82) is 0 Å². The van der Waals surface area contributed by atoms with Crippen LogP contribution in [-0.2, 0) is 15.3 Å². The number of Topliss-reactive ketones (excluding diaryl/α,β-unsaturated/α-hetero) is 1. The summed E-state index contributed by atoms with van der Waals surface area (Å²) in [4.78, 5) is 28.3. The Bertz CT molecular complexity index is 1600. The third-order valence-electron chi connectivity index (χ3n) is 6.48. The number of hydrogen-bond donors (Lipinski definition) is 1. The molecule has 1 aliphatic heterocycles. The fourth-order valence-electron chi connectivity index (χ4n) is 4.48. The van der Waals surface area contributed by atoms with Crippen molar-refractivity contribution in [1.82, 2.24) is 10.2 Å². The molecule has 1 aliphatic rings. The van der Waals surface area contributed by atoms with E-state index in [-0.39, 0.29) is 16.5 Å². The molecule has 7 nitrogen and oxygen atoms in total. The Morgan fingerprint density at radius 2 is 1.77 bits per heavy atom. The Hall–Kier alpha value is -3.66. The molecule has 3 aromatic carbocycles. The molecular formula is C30H26ClN3O4S2. The SMILES string of the molecule is CCOc1ccc(C2/C(=C(\O)c3cc(C)ccc3C)C(=O)C(=O)N2c2nnc(SCc3ccc(Cl)cc3)s2)cc1. The molecule has 10 heteroatoms. The molecule has 1 unspecified atom stereocenters. The summed E-state index contributed by atoms with van der Waals surface area (Å²) in [5.74, 6) is -0.462. The highest BCUT2D eigenvalue weighted by molar-refractivity contribution is 8.00. The average molecular weight is 592 g/mol. The number of ether oxygens (including phenoxy) is 1. The van der Waals surface area contributed by atoms with Gasteiger partial charge in [0.05, 0.1) is 18.2 Å². The summed E-state index contributed by atoms with van der Waals surface area (Å²) in [6.45, 7) is 6.16. The Balaban J connectivity index is 1.55. The van der Waals surface area contributed by atoms with Gasteiger partial charge in [-0.3, -0.25) is 14.5 Å². The molecule has 1 atom stereocenters. The van der Waals surface area contributed by atoms with Gasteiger partial charge in [0.15, 0.2) is 4.34 Å². The van der Waals surface area contributed by atoms with Crippen LogP contribution in [0.15, 0.2) is 76.6 Å². The first-order valence-corrected chi connectivity index (χ1v) is 14.8. The van der Waals surface area contributed by atoms with Crippen molar-refractivity contribution in [3.8, 4) is 5.75 Å². The monoisotopic (exact) mass is 591 g/mol. The summed E-state index contributed by atoms with van der Waals surface area (Å²) in [7, 11) is 0. The van der Waals surface area contributed by atoms with Gasteiger partial charge < -0.3 is 9.84 Å². The first-order chi connectivity index (χ1) is 19.3. The van der Waals surface area contributed by atoms with Crippen LogP contribution in [0.1, 0.15) is 40.8 Å². The van der Waals surface area contributed by atoms with Gasteiger partial charge in [0.25, 0.3) is 5.78 Å². The van der Waals surface area contributed by atoms with Crippen LogP contribution in [0.4, 0.5) is 5.13 Å². The number of carbonyl (C=O) groups excluding carboxylic acids is 2. The molecule has 0 spiro atoms. The van der Waals surface area contributed by atoms with E-state index in [1.165, 1.54) is 28.0 Å². The zero-order valence-corrected chi connectivity index (χ0v) is 24.4. The molecule has 0 aliphatic carbocycles. The van der Waals surface area contributed by atoms with E-state index in [2.05, 4.69) is 10.2 Å². The lowest BCUT2D eigenvalue weighted by Crippen LogP contribution is -2.29. The number of ketones is 1. The number of aryl methyl sites for hydroxylation is 2. The highest BCUT2D eigenvalue weighted by Gasteiger charge is 2.48. The molecule has 40 heavy (non-hydrogen) atoms. The van der Waals surface area contributed by atoms with Crippen LogP contribution in [0, 0.1) is 13.8 Å². The average Bonchev–Trinajstić information content (AvgIpc) is 3.52. The standard InChI is InChI=1S/C30H26ClN3O4S2/c1-4-38-22-13-9-20(10-14-22)25-24(26(35)23-15-17(2)5-6-18(23)3)27(36)28(37)34(25)29-32-33-30(40-29)39-16-19-7-11-21(31)12-8-19/h5-15,25,35H,4,16H2,1-3H3/b26-24+. The number of aliphatic hydroxyl groups is 1. The van der Waals surface area contributed by atoms with E-state index in [1.807, 2.05) is 63.2 Å². The van der Waals surface area contributed by atoms with Crippen molar-refractivity contribution in [2.24, 2.45) is 0 Å². The number of aromatic nitrogens is 2. The molecule has 1 amide bonds. The number of halogens is 1. The number of nitrogens with zero attached hydrogens (tertiary/aromatic N) is 3. The maximum atomic E-state index is 13.5. The Morgan fingerprint density at radius 3 is 2.48 bits per heavy atom. The lowest BCUT2D eigenvalue weighted by Gasteiger charge is -2.23. The molecule has 5 rings (SSSR count). The topological polar surface area (TPSA) is 92.6 Å². The molecule has 4 aromatic rings. The van der Waals surface area contributed by atoms with Crippen molar-refractivity contribution in [3.05, 3.63) is 105 Å². The molecule has 1 fully saturated rings. The van der Waals surface area contributed by atoms with E-state index in [9.17, 15) is 14.7 Å². The van der Waals surface area contributed by atoms with Crippen LogP contribution >= 0.6 is 34.7 Å². The number of carbonyl (C=O) groups is 2. The van der Waals surface area contributed by atoms with Gasteiger partial charge in [-0.25, -0.2) is 0 Å². The number of thioether (sulfide) groups is 1. The second-order valence-electron chi connectivity index (χ2n) is 9.26. The molecule has 0 radical (unpaired) electrons. The van der Waals surface area contributed by atoms with Gasteiger partial charge in [-0.05, 0) is 67.8 Å². The van der Waals surface area contributed by atoms with Crippen molar-refractivity contribution in [3.63, 3.8) is 0 Å². The van der Waals surface area contributed by atoms with Crippen molar-refractivity contribution in [2.45, 2.75) is 36.9 Å². The Kier molecular flexibility index (Phi) is 8.25. The van der Waals surface area contributed by atoms with E-state index in [1.54, 1.807) is 24.3 Å². The fourth-order valence-corrected chi connectivity index (χ4v) is 6.43. The number of amides is 1. The lowest BCUT2D eigenvalue weighted by atomic mass is 9.93. The molecule has 0 bridgehead atoms. The van der Waals surface area contributed by atoms with Crippen LogP contribution in [0.25, 0.3) is 5.76 Å². The Labute approximate surface area is 245 Å². The van der Waals surface area contributed by atoms with Crippen LogP contribution in [0.5, 0.6) is 5.75 Å². The van der Waals surface area contributed by atoms with Crippen molar-refractivity contribution >= 4 is 57.3 Å². The molecular weight excluding hydrogens is 566 g/mol.